The molecule has 0 amide bonds. The summed E-state index contributed by atoms with van der Waals surface area (Å²) in [6, 6.07) is 21.1. The molecule has 0 unspecified atom stereocenters. The fourth-order valence-electron chi connectivity index (χ4n) is 4.90. The number of fused-ring (bicyclic) bond motifs is 2. The SMILES string of the molecule is CC(C)C(=O)/C=C(\O)C(C)C.Cc1cc(C)c2[c]([Bi]3[O]CC[O]3)cc(-c3[c-]c4ccccc4c(C(C)(C)C)c3)nc2c1.[Ir]. The molecule has 3 aromatic carbocycles. The number of hydrogen-bond donors (Lipinski definition) is 1. The van der Waals surface area contributed by atoms with E-state index >= 15 is 0 Å². The molecule has 1 aliphatic heterocycles. The van der Waals surface area contributed by atoms with Gasteiger partial charge in [-0.25, -0.2) is 0 Å². The van der Waals surface area contributed by atoms with Gasteiger partial charge in [0, 0.05) is 38.0 Å². The monoisotopic (exact) mass is 955 g/mol. The number of ketones is 1. The third-order valence-corrected chi connectivity index (χ3v) is 13.4. The van der Waals surface area contributed by atoms with E-state index in [4.69, 9.17) is 10.6 Å². The van der Waals surface area contributed by atoms with Crippen LogP contribution in [0.25, 0.3) is 32.9 Å². The first-order valence-electron chi connectivity index (χ1n) is 14.6. The van der Waals surface area contributed by atoms with Crippen molar-refractivity contribution >= 4 is 53.4 Å². The smallest absolute Gasteiger partial charge is 0 e. The first-order valence-corrected chi connectivity index (χ1v) is 19.2. The molecule has 1 aromatic heterocycles. The molecule has 2 heterocycles. The van der Waals surface area contributed by atoms with Crippen molar-refractivity contribution in [1.82, 2.24) is 4.98 Å². The van der Waals surface area contributed by atoms with Crippen LogP contribution in [0.1, 0.15) is 65.2 Å². The van der Waals surface area contributed by atoms with Crippen LogP contribution in [0, 0.1) is 31.7 Å². The Bertz CT molecular complexity index is 1630. The van der Waals surface area contributed by atoms with Gasteiger partial charge < -0.3 is 5.11 Å². The maximum atomic E-state index is 11.0. The summed E-state index contributed by atoms with van der Waals surface area (Å²) in [6.07, 6.45) is 1.31. The molecule has 0 atom stereocenters. The average molecular weight is 955 g/mol. The Morgan fingerprint density at radius 2 is 1.65 bits per heavy atom. The van der Waals surface area contributed by atoms with Crippen LogP contribution in [-0.4, -0.2) is 51.7 Å². The number of carbonyl (C=O) groups is 1. The van der Waals surface area contributed by atoms with Crippen molar-refractivity contribution in [3.05, 3.63) is 83.1 Å². The summed E-state index contributed by atoms with van der Waals surface area (Å²) in [6.45, 7) is 19.8. The molecule has 1 saturated heterocycles. The van der Waals surface area contributed by atoms with Gasteiger partial charge in [0.05, 0.1) is 5.76 Å². The Morgan fingerprint density at radius 1 is 1.00 bits per heavy atom. The predicted octanol–water partition coefficient (Wildman–Crippen LogP) is 7.82. The molecule has 1 radical (unpaired) electrons. The van der Waals surface area contributed by atoms with Gasteiger partial charge in [-0.1, -0.05) is 27.7 Å². The number of hydrogen-bond acceptors (Lipinski definition) is 5. The molecule has 231 valence electrons. The van der Waals surface area contributed by atoms with Gasteiger partial charge in [-0.2, -0.15) is 0 Å². The maximum absolute atomic E-state index is 11.0. The number of aryl methyl sites for hydroxylation is 2. The second-order valence-corrected chi connectivity index (χ2v) is 18.5. The third kappa shape index (κ3) is 8.59. The molecule has 0 saturated carbocycles. The van der Waals surface area contributed by atoms with Crippen molar-refractivity contribution < 1.29 is 35.6 Å². The molecule has 0 aliphatic carbocycles. The van der Waals surface area contributed by atoms with E-state index in [0.29, 0.717) is 13.2 Å². The normalized spacial score (nSPS) is 14.3. The van der Waals surface area contributed by atoms with E-state index < -0.39 is 22.6 Å². The Kier molecular flexibility index (Phi) is 12.2. The first-order chi connectivity index (χ1) is 19.8. The van der Waals surface area contributed by atoms with Gasteiger partial charge in [-0.05, 0) is 0 Å². The minimum absolute atomic E-state index is 0. The van der Waals surface area contributed by atoms with E-state index in [1.807, 2.05) is 27.7 Å². The number of aliphatic hydroxyl groups is 1. The minimum atomic E-state index is -2.67. The molecule has 1 N–H and O–H groups in total. The summed E-state index contributed by atoms with van der Waals surface area (Å²) < 4.78 is 13.5. The predicted molar refractivity (Wildman–Crippen MR) is 174 cm³/mol. The van der Waals surface area contributed by atoms with Gasteiger partial charge in [0.15, 0.2) is 5.78 Å². The molecule has 5 nitrogen and oxygen atoms in total. The number of aliphatic hydroxyl groups excluding tert-OH is 1. The molecule has 5 rings (SSSR count). The fraction of sp³-hybridized carbons (Fsp3) is 0.389. The zero-order valence-electron chi connectivity index (χ0n) is 26.7. The van der Waals surface area contributed by atoms with Crippen LogP contribution in [0.5, 0.6) is 0 Å². The van der Waals surface area contributed by atoms with E-state index in [-0.39, 0.29) is 48.9 Å². The molecule has 43 heavy (non-hydrogen) atoms. The van der Waals surface area contributed by atoms with Gasteiger partial charge in [-0.15, -0.1) is 0 Å². The molecular weight excluding hydrogens is 912 g/mol. The number of allylic oxidation sites excluding steroid dienone is 2. The molecular formula is C36H43BiIrNO4-. The maximum Gasteiger partial charge on any atom is 0 e. The van der Waals surface area contributed by atoms with E-state index in [1.54, 1.807) is 0 Å². The van der Waals surface area contributed by atoms with Crippen LogP contribution < -0.4 is 3.27 Å². The van der Waals surface area contributed by atoms with Crippen LogP contribution in [0.3, 0.4) is 0 Å². The number of aromatic nitrogens is 1. The van der Waals surface area contributed by atoms with Crippen molar-refractivity contribution in [2.24, 2.45) is 11.8 Å². The second-order valence-electron chi connectivity index (χ2n) is 12.6. The van der Waals surface area contributed by atoms with Crippen LogP contribution in [-0.2, 0) is 35.9 Å². The molecule has 4 aromatic rings. The number of pyridine rings is 1. The summed E-state index contributed by atoms with van der Waals surface area (Å²) in [4.78, 5) is 16.1. The summed E-state index contributed by atoms with van der Waals surface area (Å²) in [5.41, 5.74) is 6.83. The van der Waals surface area contributed by atoms with Gasteiger partial charge >= 0.3 is 194 Å². The second kappa shape index (κ2) is 14.8. The largest absolute Gasteiger partial charge is 0 e. The average Bonchev–Trinajstić information content (AvgIpc) is 3.46. The van der Waals surface area contributed by atoms with Crippen LogP contribution in [0.2, 0.25) is 0 Å². The molecule has 0 spiro atoms. The van der Waals surface area contributed by atoms with Crippen LogP contribution in [0.15, 0.2) is 60.4 Å². The summed E-state index contributed by atoms with van der Waals surface area (Å²) >= 11 is -2.67. The van der Waals surface area contributed by atoms with Gasteiger partial charge in [0.2, 0.25) is 0 Å². The minimum Gasteiger partial charge on any atom is 0 e. The van der Waals surface area contributed by atoms with Crippen molar-refractivity contribution in [3.8, 4) is 11.3 Å². The summed E-state index contributed by atoms with van der Waals surface area (Å²) in [5, 5.41) is 12.8. The van der Waals surface area contributed by atoms with Gasteiger partial charge in [0.1, 0.15) is 0 Å². The quantitative estimate of drug-likeness (QED) is 0.0958. The standard InChI is InChI=1S/C25H23N.C9H16O2.C2H4O2.Bi.Ir/c1-16-12-17(2)20-10-11-23(26-24(20)13-16)19-14-18-8-6-7-9-21(18)22(15-19)25(3,4)5;1-6(2)8(10)5-9(11)7(3)4;3-1-2-4;;/h6-9,11-13,15H,1-5H3;5-7,10H,1-4H3;1-2H2;;/q-1;;-2;+2;/b;8-5-;;;. The van der Waals surface area contributed by atoms with Gasteiger partial charge in [0.25, 0.3) is 0 Å². The Hall–Kier alpha value is -2.01. The van der Waals surface area contributed by atoms with Crippen molar-refractivity contribution in [1.29, 1.82) is 0 Å². The van der Waals surface area contributed by atoms with E-state index in [2.05, 4.69) is 89.2 Å². The Morgan fingerprint density at radius 3 is 2.26 bits per heavy atom. The van der Waals surface area contributed by atoms with E-state index in [9.17, 15) is 9.90 Å². The zero-order chi connectivity index (χ0) is 30.8. The molecule has 1 aliphatic rings. The van der Waals surface area contributed by atoms with Gasteiger partial charge in [-0.3, -0.25) is 4.79 Å². The first kappa shape index (κ1) is 35.5. The third-order valence-electron chi connectivity index (χ3n) is 7.24. The van der Waals surface area contributed by atoms with Crippen molar-refractivity contribution in [2.45, 2.75) is 67.7 Å². The topological polar surface area (TPSA) is 68.7 Å². The summed E-state index contributed by atoms with van der Waals surface area (Å²) in [5.74, 6) is 0.161. The van der Waals surface area contributed by atoms with E-state index in [1.165, 1.54) is 36.8 Å². The fourth-order valence-corrected chi connectivity index (χ4v) is 10.9. The Balaban J connectivity index is 0.000000363. The molecule has 0 bridgehead atoms. The van der Waals surface area contributed by atoms with Crippen molar-refractivity contribution in [2.75, 3.05) is 13.2 Å². The van der Waals surface area contributed by atoms with Crippen LogP contribution in [0.4, 0.5) is 0 Å². The Labute approximate surface area is 279 Å². The number of carbonyl (C=O) groups excluding carboxylic acids is 1. The molecule has 1 fully saturated rings. The number of nitrogens with zero attached hydrogens (tertiary/aromatic N) is 1. The number of benzene rings is 3. The zero-order valence-corrected chi connectivity index (χ0v) is 32.5. The van der Waals surface area contributed by atoms with Crippen LogP contribution >= 0.6 is 0 Å². The molecule has 7 heteroatoms. The van der Waals surface area contributed by atoms with E-state index in [0.717, 1.165) is 22.2 Å². The summed E-state index contributed by atoms with van der Waals surface area (Å²) in [7, 11) is 0. The van der Waals surface area contributed by atoms with Crippen molar-refractivity contribution in [3.63, 3.8) is 0 Å². The number of rotatable bonds is 5.